The molecule has 0 amide bonds. The predicted molar refractivity (Wildman–Crippen MR) is 57.2 cm³/mol. The molecule has 1 N–H and O–H groups in total. The number of aliphatic hydroxyl groups is 1. The first kappa shape index (κ1) is 8.73. The molecule has 0 aliphatic rings. The summed E-state index contributed by atoms with van der Waals surface area (Å²) in [5.41, 5.74) is 1.26. The van der Waals surface area contributed by atoms with Crippen LogP contribution in [0.3, 0.4) is 0 Å². The van der Waals surface area contributed by atoms with Gasteiger partial charge in [0.2, 0.25) is 0 Å². The highest BCUT2D eigenvalue weighted by molar-refractivity contribution is 7.17. The molecule has 1 aromatic carbocycles. The molecular weight excluding hydrogens is 180 g/mol. The van der Waals surface area contributed by atoms with Crippen molar-refractivity contribution in [2.75, 3.05) is 0 Å². The molecule has 0 fully saturated rings. The van der Waals surface area contributed by atoms with Gasteiger partial charge in [0.15, 0.2) is 0 Å². The molecule has 13 heavy (non-hydrogen) atoms. The molecule has 0 saturated carbocycles. The smallest absolute Gasteiger partial charge is 0.0552 e. The SMILES string of the molecule is CC(O)Cc1csc2ccccc12. The van der Waals surface area contributed by atoms with E-state index in [2.05, 4.69) is 17.5 Å². The van der Waals surface area contributed by atoms with Crippen molar-refractivity contribution in [2.24, 2.45) is 0 Å². The first-order valence-electron chi connectivity index (χ1n) is 4.40. The van der Waals surface area contributed by atoms with Gasteiger partial charge in [0.05, 0.1) is 6.10 Å². The molecule has 0 radical (unpaired) electrons. The molecule has 1 heterocycles. The molecule has 2 aromatic rings. The zero-order valence-corrected chi connectivity index (χ0v) is 8.34. The standard InChI is InChI=1S/C11H12OS/c1-8(12)6-9-7-13-11-5-3-2-4-10(9)11/h2-5,7-8,12H,6H2,1H3. The maximum absolute atomic E-state index is 9.29. The van der Waals surface area contributed by atoms with Crippen LogP contribution in [-0.4, -0.2) is 11.2 Å². The van der Waals surface area contributed by atoms with Crippen molar-refractivity contribution in [2.45, 2.75) is 19.4 Å². The van der Waals surface area contributed by atoms with E-state index in [0.717, 1.165) is 6.42 Å². The summed E-state index contributed by atoms with van der Waals surface area (Å²) in [5, 5.41) is 12.7. The van der Waals surface area contributed by atoms with Crippen LogP contribution < -0.4 is 0 Å². The van der Waals surface area contributed by atoms with E-state index in [0.29, 0.717) is 0 Å². The van der Waals surface area contributed by atoms with Gasteiger partial charge in [-0.1, -0.05) is 18.2 Å². The molecule has 68 valence electrons. The van der Waals surface area contributed by atoms with Crippen molar-refractivity contribution in [3.8, 4) is 0 Å². The lowest BCUT2D eigenvalue weighted by Gasteiger charge is -2.01. The zero-order chi connectivity index (χ0) is 9.26. The number of fused-ring (bicyclic) bond motifs is 1. The minimum absolute atomic E-state index is 0.252. The number of rotatable bonds is 2. The van der Waals surface area contributed by atoms with Crippen LogP contribution in [0.25, 0.3) is 10.1 Å². The molecule has 0 aliphatic carbocycles. The van der Waals surface area contributed by atoms with Gasteiger partial charge in [0.1, 0.15) is 0 Å². The molecule has 0 aliphatic heterocycles. The van der Waals surface area contributed by atoms with E-state index in [1.807, 2.05) is 19.1 Å². The highest BCUT2D eigenvalue weighted by Crippen LogP contribution is 2.26. The fraction of sp³-hybridized carbons (Fsp3) is 0.273. The molecule has 1 aromatic heterocycles. The second-order valence-electron chi connectivity index (χ2n) is 3.31. The first-order valence-corrected chi connectivity index (χ1v) is 5.28. The minimum Gasteiger partial charge on any atom is -0.393 e. The Morgan fingerprint density at radius 3 is 2.92 bits per heavy atom. The van der Waals surface area contributed by atoms with Gasteiger partial charge in [-0.25, -0.2) is 0 Å². The fourth-order valence-electron chi connectivity index (χ4n) is 1.51. The zero-order valence-electron chi connectivity index (χ0n) is 7.53. The van der Waals surface area contributed by atoms with Crippen molar-refractivity contribution in [3.63, 3.8) is 0 Å². The summed E-state index contributed by atoms with van der Waals surface area (Å²) < 4.78 is 1.30. The third-order valence-electron chi connectivity index (χ3n) is 2.08. The van der Waals surface area contributed by atoms with E-state index in [9.17, 15) is 5.11 Å². The van der Waals surface area contributed by atoms with Crippen LogP contribution in [-0.2, 0) is 6.42 Å². The van der Waals surface area contributed by atoms with Crippen LogP contribution in [0.2, 0.25) is 0 Å². The minimum atomic E-state index is -0.252. The van der Waals surface area contributed by atoms with Crippen molar-refractivity contribution in [1.82, 2.24) is 0 Å². The molecule has 2 rings (SSSR count). The Balaban J connectivity index is 2.46. The van der Waals surface area contributed by atoms with Crippen molar-refractivity contribution in [3.05, 3.63) is 35.2 Å². The van der Waals surface area contributed by atoms with E-state index in [1.165, 1.54) is 15.6 Å². The quantitative estimate of drug-likeness (QED) is 0.775. The molecule has 0 saturated heterocycles. The summed E-state index contributed by atoms with van der Waals surface area (Å²) in [6.07, 6.45) is 0.502. The number of thiophene rings is 1. The van der Waals surface area contributed by atoms with Crippen molar-refractivity contribution in [1.29, 1.82) is 0 Å². The molecule has 1 atom stereocenters. The lowest BCUT2D eigenvalue weighted by atomic mass is 10.1. The van der Waals surface area contributed by atoms with Gasteiger partial charge in [-0.3, -0.25) is 0 Å². The largest absolute Gasteiger partial charge is 0.393 e. The molecule has 0 bridgehead atoms. The summed E-state index contributed by atoms with van der Waals surface area (Å²) in [7, 11) is 0. The van der Waals surface area contributed by atoms with Crippen LogP contribution in [0.15, 0.2) is 29.6 Å². The normalized spacial score (nSPS) is 13.4. The summed E-state index contributed by atoms with van der Waals surface area (Å²) in [6.45, 7) is 1.83. The number of hydrogen-bond acceptors (Lipinski definition) is 2. The van der Waals surface area contributed by atoms with Gasteiger partial charge in [-0.2, -0.15) is 0 Å². The Kier molecular flexibility index (Phi) is 2.34. The number of aliphatic hydroxyl groups excluding tert-OH is 1. The van der Waals surface area contributed by atoms with E-state index in [4.69, 9.17) is 0 Å². The van der Waals surface area contributed by atoms with Crippen LogP contribution in [0.5, 0.6) is 0 Å². The number of hydrogen-bond donors (Lipinski definition) is 1. The lowest BCUT2D eigenvalue weighted by Crippen LogP contribution is -2.02. The Morgan fingerprint density at radius 2 is 2.15 bits per heavy atom. The Bertz CT molecular complexity index is 403. The second kappa shape index (κ2) is 3.48. The topological polar surface area (TPSA) is 20.2 Å². The van der Waals surface area contributed by atoms with E-state index in [-0.39, 0.29) is 6.10 Å². The van der Waals surface area contributed by atoms with E-state index in [1.54, 1.807) is 11.3 Å². The highest BCUT2D eigenvalue weighted by Gasteiger charge is 2.05. The second-order valence-corrected chi connectivity index (χ2v) is 4.22. The highest BCUT2D eigenvalue weighted by atomic mass is 32.1. The van der Waals surface area contributed by atoms with Gasteiger partial charge in [0, 0.05) is 4.70 Å². The Labute approximate surface area is 81.6 Å². The summed E-state index contributed by atoms with van der Waals surface area (Å²) in [4.78, 5) is 0. The number of benzene rings is 1. The van der Waals surface area contributed by atoms with E-state index < -0.39 is 0 Å². The predicted octanol–water partition coefficient (Wildman–Crippen LogP) is 2.82. The first-order chi connectivity index (χ1) is 6.27. The van der Waals surface area contributed by atoms with Gasteiger partial charge < -0.3 is 5.11 Å². The van der Waals surface area contributed by atoms with E-state index >= 15 is 0 Å². The third kappa shape index (κ3) is 1.74. The third-order valence-corrected chi connectivity index (χ3v) is 3.09. The van der Waals surface area contributed by atoms with Gasteiger partial charge >= 0.3 is 0 Å². The Hall–Kier alpha value is -0.860. The Morgan fingerprint density at radius 1 is 1.38 bits per heavy atom. The van der Waals surface area contributed by atoms with Crippen LogP contribution in [0.1, 0.15) is 12.5 Å². The van der Waals surface area contributed by atoms with Crippen LogP contribution in [0.4, 0.5) is 0 Å². The fourth-order valence-corrected chi connectivity index (χ4v) is 2.48. The average molecular weight is 192 g/mol. The van der Waals surface area contributed by atoms with Crippen LogP contribution in [0, 0.1) is 0 Å². The monoisotopic (exact) mass is 192 g/mol. The maximum Gasteiger partial charge on any atom is 0.0552 e. The van der Waals surface area contributed by atoms with Crippen LogP contribution >= 0.6 is 11.3 Å². The lowest BCUT2D eigenvalue weighted by molar-refractivity contribution is 0.196. The summed E-state index contributed by atoms with van der Waals surface area (Å²) >= 11 is 1.74. The summed E-state index contributed by atoms with van der Waals surface area (Å²) in [5.74, 6) is 0. The average Bonchev–Trinajstić information content (AvgIpc) is 2.48. The molecule has 2 heteroatoms. The van der Waals surface area contributed by atoms with Crippen molar-refractivity contribution >= 4 is 21.4 Å². The maximum atomic E-state index is 9.29. The summed E-state index contributed by atoms with van der Waals surface area (Å²) in [6, 6.07) is 8.32. The van der Waals surface area contributed by atoms with Crippen molar-refractivity contribution < 1.29 is 5.11 Å². The van der Waals surface area contributed by atoms with Gasteiger partial charge in [0.25, 0.3) is 0 Å². The molecule has 1 unspecified atom stereocenters. The molecule has 1 nitrogen and oxygen atoms in total. The van der Waals surface area contributed by atoms with Gasteiger partial charge in [-0.15, -0.1) is 11.3 Å². The molecular formula is C11H12OS. The van der Waals surface area contributed by atoms with Gasteiger partial charge in [-0.05, 0) is 35.7 Å². The molecule has 0 spiro atoms.